The van der Waals surface area contributed by atoms with E-state index in [-0.39, 0.29) is 17.0 Å². The van der Waals surface area contributed by atoms with Crippen LogP contribution in [0, 0.1) is 0 Å². The highest BCUT2D eigenvalue weighted by Crippen LogP contribution is 2.18. The number of hydrogen-bond acceptors (Lipinski definition) is 5. The number of pyridine rings is 1. The fraction of sp³-hybridized carbons (Fsp3) is 0.368. The molecule has 144 valence electrons. The number of aromatic nitrogens is 1. The van der Waals surface area contributed by atoms with Gasteiger partial charge in [-0.3, -0.25) is 4.98 Å². The molecule has 1 fully saturated rings. The molecular formula is C19H24N4O3S. The summed E-state index contributed by atoms with van der Waals surface area (Å²) in [5.41, 5.74) is 1.93. The molecule has 1 aliphatic heterocycles. The first-order valence-corrected chi connectivity index (χ1v) is 10.7. The van der Waals surface area contributed by atoms with Crippen molar-refractivity contribution < 1.29 is 13.2 Å². The Hall–Kier alpha value is -2.61. The molecular weight excluding hydrogens is 364 g/mol. The Morgan fingerprint density at radius 1 is 1.11 bits per heavy atom. The van der Waals surface area contributed by atoms with E-state index in [1.807, 2.05) is 25.3 Å². The van der Waals surface area contributed by atoms with Crippen molar-refractivity contribution in [1.29, 1.82) is 0 Å². The molecule has 1 saturated heterocycles. The second kappa shape index (κ2) is 7.96. The van der Waals surface area contributed by atoms with Gasteiger partial charge in [-0.1, -0.05) is 12.1 Å². The molecule has 2 heterocycles. The van der Waals surface area contributed by atoms with Crippen LogP contribution in [0.2, 0.25) is 0 Å². The maximum absolute atomic E-state index is 12.5. The molecule has 0 aliphatic carbocycles. The number of benzene rings is 1. The lowest BCUT2D eigenvalue weighted by Gasteiger charge is -2.36. The van der Waals surface area contributed by atoms with E-state index in [9.17, 15) is 13.2 Å². The third-order valence-electron chi connectivity index (χ3n) is 4.73. The highest BCUT2D eigenvalue weighted by atomic mass is 32.2. The van der Waals surface area contributed by atoms with Crippen LogP contribution in [0.1, 0.15) is 18.5 Å². The van der Waals surface area contributed by atoms with Gasteiger partial charge in [0.05, 0.1) is 22.8 Å². The summed E-state index contributed by atoms with van der Waals surface area (Å²) in [6.45, 7) is 4.69. The highest BCUT2D eigenvalue weighted by molar-refractivity contribution is 7.90. The molecule has 1 atom stereocenters. The number of amides is 2. The van der Waals surface area contributed by atoms with Gasteiger partial charge in [0.1, 0.15) is 0 Å². The van der Waals surface area contributed by atoms with Gasteiger partial charge in [0, 0.05) is 38.6 Å². The van der Waals surface area contributed by atoms with Crippen molar-refractivity contribution in [1.82, 2.24) is 15.2 Å². The number of carbonyl (C=O) groups excluding carboxylic acids is 1. The largest absolute Gasteiger partial charge is 0.367 e. The normalized spacial score (nSPS) is 16.1. The van der Waals surface area contributed by atoms with Crippen LogP contribution in [0.3, 0.4) is 0 Å². The number of rotatable bonds is 4. The second-order valence-corrected chi connectivity index (χ2v) is 8.71. The van der Waals surface area contributed by atoms with Gasteiger partial charge in [0.25, 0.3) is 0 Å². The molecule has 1 aromatic heterocycles. The van der Waals surface area contributed by atoms with Crippen molar-refractivity contribution in [3.63, 3.8) is 0 Å². The van der Waals surface area contributed by atoms with E-state index < -0.39 is 9.84 Å². The van der Waals surface area contributed by atoms with E-state index in [1.54, 1.807) is 35.4 Å². The van der Waals surface area contributed by atoms with E-state index in [4.69, 9.17) is 0 Å². The SMILES string of the molecule is C[C@H](NC(=O)N1CCN(c2cccnc2)CC1)c1ccc(S(C)(=O)=O)cc1. The molecule has 0 unspecified atom stereocenters. The number of carbonyl (C=O) groups is 1. The molecule has 0 radical (unpaired) electrons. The summed E-state index contributed by atoms with van der Waals surface area (Å²) in [6, 6.07) is 10.2. The predicted octanol–water partition coefficient (Wildman–Crippen LogP) is 2.08. The van der Waals surface area contributed by atoms with Crippen LogP contribution in [-0.4, -0.2) is 56.8 Å². The van der Waals surface area contributed by atoms with E-state index >= 15 is 0 Å². The molecule has 8 heteroatoms. The van der Waals surface area contributed by atoms with Gasteiger partial charge in [-0.2, -0.15) is 0 Å². The quantitative estimate of drug-likeness (QED) is 0.867. The molecule has 2 aromatic rings. The topological polar surface area (TPSA) is 82.6 Å². The first-order chi connectivity index (χ1) is 12.8. The van der Waals surface area contributed by atoms with Crippen molar-refractivity contribution in [2.45, 2.75) is 17.9 Å². The van der Waals surface area contributed by atoms with Crippen LogP contribution < -0.4 is 10.2 Å². The molecule has 3 rings (SSSR count). The van der Waals surface area contributed by atoms with Crippen molar-refractivity contribution in [3.8, 4) is 0 Å². The van der Waals surface area contributed by atoms with Crippen LogP contribution in [0.15, 0.2) is 53.7 Å². The molecule has 1 N–H and O–H groups in total. The van der Waals surface area contributed by atoms with E-state index in [1.165, 1.54) is 6.26 Å². The smallest absolute Gasteiger partial charge is 0.317 e. The van der Waals surface area contributed by atoms with Crippen molar-refractivity contribution in [3.05, 3.63) is 54.4 Å². The summed E-state index contributed by atoms with van der Waals surface area (Å²) < 4.78 is 23.1. The van der Waals surface area contributed by atoms with Gasteiger partial charge >= 0.3 is 6.03 Å². The highest BCUT2D eigenvalue weighted by Gasteiger charge is 2.22. The molecule has 0 saturated carbocycles. The lowest BCUT2D eigenvalue weighted by Crippen LogP contribution is -2.52. The molecule has 0 spiro atoms. The maximum atomic E-state index is 12.5. The van der Waals surface area contributed by atoms with E-state index in [0.29, 0.717) is 13.1 Å². The number of nitrogens with zero attached hydrogens (tertiary/aromatic N) is 3. The van der Waals surface area contributed by atoms with Crippen molar-refractivity contribution in [2.24, 2.45) is 0 Å². The molecule has 1 aromatic carbocycles. The van der Waals surface area contributed by atoms with Crippen molar-refractivity contribution in [2.75, 3.05) is 37.3 Å². The zero-order chi connectivity index (χ0) is 19.4. The zero-order valence-electron chi connectivity index (χ0n) is 15.5. The molecule has 0 bridgehead atoms. The Morgan fingerprint density at radius 3 is 2.33 bits per heavy atom. The fourth-order valence-corrected chi connectivity index (χ4v) is 3.70. The van der Waals surface area contributed by atoms with E-state index in [2.05, 4.69) is 15.2 Å². The van der Waals surface area contributed by atoms with Crippen LogP contribution in [0.5, 0.6) is 0 Å². The van der Waals surface area contributed by atoms with Gasteiger partial charge in [-0.25, -0.2) is 13.2 Å². The molecule has 2 amide bonds. The predicted molar refractivity (Wildman–Crippen MR) is 105 cm³/mol. The second-order valence-electron chi connectivity index (χ2n) is 6.70. The minimum atomic E-state index is -3.22. The maximum Gasteiger partial charge on any atom is 0.317 e. The Labute approximate surface area is 159 Å². The van der Waals surface area contributed by atoms with Gasteiger partial charge in [0.15, 0.2) is 9.84 Å². The first-order valence-electron chi connectivity index (χ1n) is 8.85. The van der Waals surface area contributed by atoms with E-state index in [0.717, 1.165) is 24.3 Å². The number of nitrogens with one attached hydrogen (secondary N) is 1. The first kappa shape index (κ1) is 19.2. The summed E-state index contributed by atoms with van der Waals surface area (Å²) >= 11 is 0. The lowest BCUT2D eigenvalue weighted by atomic mass is 10.1. The Kier molecular flexibility index (Phi) is 5.65. The fourth-order valence-electron chi connectivity index (χ4n) is 3.07. The summed E-state index contributed by atoms with van der Waals surface area (Å²) in [7, 11) is -3.22. The third kappa shape index (κ3) is 4.77. The Bertz CT molecular complexity index is 877. The van der Waals surface area contributed by atoms with Crippen LogP contribution in [0.25, 0.3) is 0 Å². The van der Waals surface area contributed by atoms with Crippen LogP contribution >= 0.6 is 0 Å². The van der Waals surface area contributed by atoms with Gasteiger partial charge in [-0.15, -0.1) is 0 Å². The summed E-state index contributed by atoms with van der Waals surface area (Å²) in [5, 5.41) is 2.99. The summed E-state index contributed by atoms with van der Waals surface area (Å²) in [5.74, 6) is 0. The van der Waals surface area contributed by atoms with Crippen LogP contribution in [-0.2, 0) is 9.84 Å². The van der Waals surface area contributed by atoms with Crippen LogP contribution in [0.4, 0.5) is 10.5 Å². The summed E-state index contributed by atoms with van der Waals surface area (Å²) in [4.78, 5) is 21.0. The minimum Gasteiger partial charge on any atom is -0.367 e. The third-order valence-corrected chi connectivity index (χ3v) is 5.85. The summed E-state index contributed by atoms with van der Waals surface area (Å²) in [6.07, 6.45) is 4.76. The number of urea groups is 1. The monoisotopic (exact) mass is 388 g/mol. The number of piperazine rings is 1. The average Bonchev–Trinajstić information content (AvgIpc) is 2.68. The number of hydrogen-bond donors (Lipinski definition) is 1. The minimum absolute atomic E-state index is 0.111. The standard InChI is InChI=1S/C19H24N4O3S/c1-15(16-5-7-18(8-6-16)27(2,25)26)21-19(24)23-12-10-22(11-13-23)17-4-3-9-20-14-17/h3-9,14-15H,10-13H2,1-2H3,(H,21,24)/t15-/m0/s1. The molecule has 1 aliphatic rings. The molecule has 7 nitrogen and oxygen atoms in total. The number of anilines is 1. The Balaban J connectivity index is 1.55. The Morgan fingerprint density at radius 2 is 1.78 bits per heavy atom. The van der Waals surface area contributed by atoms with Gasteiger partial charge in [-0.05, 0) is 36.8 Å². The average molecular weight is 388 g/mol. The zero-order valence-corrected chi connectivity index (χ0v) is 16.3. The van der Waals surface area contributed by atoms with Crippen molar-refractivity contribution >= 4 is 21.6 Å². The number of sulfone groups is 1. The molecule has 27 heavy (non-hydrogen) atoms. The lowest BCUT2D eigenvalue weighted by molar-refractivity contribution is 0.191. The van der Waals surface area contributed by atoms with Gasteiger partial charge < -0.3 is 15.1 Å². The van der Waals surface area contributed by atoms with Gasteiger partial charge in [0.2, 0.25) is 0 Å².